The van der Waals surface area contributed by atoms with Gasteiger partial charge in [0.25, 0.3) is 0 Å². The molecule has 2 aromatic rings. The van der Waals surface area contributed by atoms with Crippen LogP contribution in [0.2, 0.25) is 0 Å². The first-order valence-corrected chi connectivity index (χ1v) is 8.93. The van der Waals surface area contributed by atoms with Crippen LogP contribution in [0.15, 0.2) is 59.5 Å². The highest BCUT2D eigenvalue weighted by Gasteiger charge is 2.29. The predicted octanol–water partition coefficient (Wildman–Crippen LogP) is 4.15. The summed E-state index contributed by atoms with van der Waals surface area (Å²) in [4.78, 5) is 24.9. The van der Waals surface area contributed by atoms with Crippen LogP contribution in [-0.4, -0.2) is 17.1 Å². The van der Waals surface area contributed by atoms with E-state index in [-0.39, 0.29) is 23.0 Å². The van der Waals surface area contributed by atoms with Gasteiger partial charge in [-0.1, -0.05) is 18.2 Å². The van der Waals surface area contributed by atoms with Crippen molar-refractivity contribution in [3.05, 3.63) is 54.6 Å². The third-order valence-corrected chi connectivity index (χ3v) is 4.91. The van der Waals surface area contributed by atoms with Crippen LogP contribution in [0.5, 0.6) is 0 Å². The lowest BCUT2D eigenvalue weighted by molar-refractivity contribution is -0.117. The Balaban J connectivity index is 1.52. The van der Waals surface area contributed by atoms with E-state index in [1.807, 2.05) is 61.5 Å². The van der Waals surface area contributed by atoms with Gasteiger partial charge in [-0.25, -0.2) is 0 Å². The molecule has 5 heteroatoms. The maximum atomic E-state index is 12.2. The largest absolute Gasteiger partial charge is 0.326 e. The van der Waals surface area contributed by atoms with Crippen LogP contribution >= 0.6 is 11.8 Å². The molecule has 0 aromatic heterocycles. The van der Waals surface area contributed by atoms with E-state index in [0.717, 1.165) is 29.1 Å². The van der Waals surface area contributed by atoms with Crippen molar-refractivity contribution in [3.63, 3.8) is 0 Å². The molecule has 1 aliphatic carbocycles. The minimum absolute atomic E-state index is 0.0303. The second kappa shape index (κ2) is 7.53. The van der Waals surface area contributed by atoms with Gasteiger partial charge in [-0.2, -0.15) is 0 Å². The second-order valence-electron chi connectivity index (χ2n) is 5.90. The number of hydrogen-bond donors (Lipinski definition) is 2. The highest BCUT2D eigenvalue weighted by Crippen LogP contribution is 2.31. The molecule has 2 amide bonds. The second-order valence-corrected chi connectivity index (χ2v) is 7.32. The average molecular weight is 340 g/mol. The minimum Gasteiger partial charge on any atom is -0.326 e. The van der Waals surface area contributed by atoms with Crippen molar-refractivity contribution < 1.29 is 9.59 Å². The minimum atomic E-state index is -0.211. The van der Waals surface area contributed by atoms with E-state index >= 15 is 0 Å². The number of para-hydroxylation sites is 1. The van der Waals surface area contributed by atoms with Crippen LogP contribution in [0.1, 0.15) is 19.8 Å². The Morgan fingerprint density at radius 2 is 1.58 bits per heavy atom. The fourth-order valence-corrected chi connectivity index (χ4v) is 3.10. The van der Waals surface area contributed by atoms with Gasteiger partial charge in [0.2, 0.25) is 11.8 Å². The summed E-state index contributed by atoms with van der Waals surface area (Å²) in [6, 6.07) is 17.1. The number of rotatable bonds is 6. The van der Waals surface area contributed by atoms with E-state index in [2.05, 4.69) is 10.6 Å². The Hall–Kier alpha value is -2.27. The number of amides is 2. The zero-order chi connectivity index (χ0) is 16.9. The summed E-state index contributed by atoms with van der Waals surface area (Å²) < 4.78 is 0. The molecule has 1 atom stereocenters. The van der Waals surface area contributed by atoms with Crippen molar-refractivity contribution in [2.45, 2.75) is 29.9 Å². The smallest absolute Gasteiger partial charge is 0.237 e. The summed E-state index contributed by atoms with van der Waals surface area (Å²) in [6.45, 7) is 1.88. The Morgan fingerprint density at radius 1 is 0.958 bits per heavy atom. The monoisotopic (exact) mass is 340 g/mol. The molecular formula is C19H20N2O2S. The van der Waals surface area contributed by atoms with Crippen LogP contribution < -0.4 is 10.6 Å². The first kappa shape index (κ1) is 16.6. The molecule has 1 saturated carbocycles. The molecular weight excluding hydrogens is 320 g/mol. The third kappa shape index (κ3) is 4.61. The van der Waals surface area contributed by atoms with E-state index in [1.165, 1.54) is 11.8 Å². The van der Waals surface area contributed by atoms with Gasteiger partial charge in [0.05, 0.1) is 5.25 Å². The Morgan fingerprint density at radius 3 is 2.21 bits per heavy atom. The van der Waals surface area contributed by atoms with Crippen molar-refractivity contribution in [3.8, 4) is 0 Å². The molecule has 124 valence electrons. The normalized spacial score (nSPS) is 14.7. The Bertz CT molecular complexity index is 712. The van der Waals surface area contributed by atoms with Gasteiger partial charge in [0, 0.05) is 22.2 Å². The molecule has 1 unspecified atom stereocenters. The highest BCUT2D eigenvalue weighted by molar-refractivity contribution is 8.00. The van der Waals surface area contributed by atoms with Gasteiger partial charge in [0.15, 0.2) is 0 Å². The number of carbonyl (C=O) groups is 2. The van der Waals surface area contributed by atoms with Crippen molar-refractivity contribution in [2.24, 2.45) is 5.92 Å². The standard InChI is InChI=1S/C19H20N2O2S/c1-13(18(22)20-15-5-3-2-4-6-15)24-17-11-9-16(10-12-17)21-19(23)14-7-8-14/h2-6,9-14H,7-8H2,1H3,(H,20,22)(H,21,23). The fourth-order valence-electron chi connectivity index (χ4n) is 2.23. The summed E-state index contributed by atoms with van der Waals surface area (Å²) in [5.74, 6) is 0.268. The van der Waals surface area contributed by atoms with Gasteiger partial charge in [0.1, 0.15) is 0 Å². The first-order chi connectivity index (χ1) is 11.6. The zero-order valence-electron chi connectivity index (χ0n) is 13.5. The lowest BCUT2D eigenvalue weighted by atomic mass is 10.3. The van der Waals surface area contributed by atoms with E-state index < -0.39 is 0 Å². The van der Waals surface area contributed by atoms with Gasteiger partial charge in [-0.3, -0.25) is 9.59 Å². The van der Waals surface area contributed by atoms with Crippen LogP contribution in [0.3, 0.4) is 0 Å². The molecule has 0 spiro atoms. The number of anilines is 2. The lowest BCUT2D eigenvalue weighted by Gasteiger charge is -2.12. The Labute approximate surface area is 146 Å². The molecule has 2 aromatic carbocycles. The topological polar surface area (TPSA) is 58.2 Å². The lowest BCUT2D eigenvalue weighted by Crippen LogP contribution is -2.22. The number of benzene rings is 2. The maximum Gasteiger partial charge on any atom is 0.237 e. The van der Waals surface area contributed by atoms with Crippen molar-refractivity contribution in [2.75, 3.05) is 10.6 Å². The summed E-state index contributed by atoms with van der Waals surface area (Å²) in [7, 11) is 0. The third-order valence-electron chi connectivity index (χ3n) is 3.79. The average Bonchev–Trinajstić information content (AvgIpc) is 3.42. The first-order valence-electron chi connectivity index (χ1n) is 8.05. The molecule has 3 rings (SSSR count). The summed E-state index contributed by atoms with van der Waals surface area (Å²) in [6.07, 6.45) is 1.99. The van der Waals surface area contributed by atoms with Crippen molar-refractivity contribution >= 4 is 35.0 Å². The summed E-state index contributed by atoms with van der Waals surface area (Å²) in [5, 5.41) is 5.60. The van der Waals surface area contributed by atoms with Crippen LogP contribution in [-0.2, 0) is 9.59 Å². The van der Waals surface area contributed by atoms with Crippen LogP contribution in [0, 0.1) is 5.92 Å². The summed E-state index contributed by atoms with van der Waals surface area (Å²) >= 11 is 1.49. The molecule has 24 heavy (non-hydrogen) atoms. The maximum absolute atomic E-state index is 12.2. The van der Waals surface area contributed by atoms with Gasteiger partial charge in [-0.15, -0.1) is 11.8 Å². The molecule has 4 nitrogen and oxygen atoms in total. The zero-order valence-corrected chi connectivity index (χ0v) is 14.3. The summed E-state index contributed by atoms with van der Waals surface area (Å²) in [5.41, 5.74) is 1.60. The Kier molecular flexibility index (Phi) is 5.20. The highest BCUT2D eigenvalue weighted by atomic mass is 32.2. The van der Waals surface area contributed by atoms with E-state index in [0.29, 0.717) is 0 Å². The molecule has 0 heterocycles. The number of hydrogen-bond acceptors (Lipinski definition) is 3. The molecule has 0 radical (unpaired) electrons. The quantitative estimate of drug-likeness (QED) is 0.777. The molecule has 0 bridgehead atoms. The van der Waals surface area contributed by atoms with E-state index in [1.54, 1.807) is 0 Å². The van der Waals surface area contributed by atoms with E-state index in [9.17, 15) is 9.59 Å². The number of thioether (sulfide) groups is 1. The number of nitrogens with one attached hydrogen (secondary N) is 2. The van der Waals surface area contributed by atoms with Crippen molar-refractivity contribution in [1.29, 1.82) is 0 Å². The van der Waals surface area contributed by atoms with Gasteiger partial charge < -0.3 is 10.6 Å². The molecule has 0 saturated heterocycles. The predicted molar refractivity (Wildman–Crippen MR) is 98.2 cm³/mol. The molecule has 0 aliphatic heterocycles. The number of carbonyl (C=O) groups excluding carboxylic acids is 2. The van der Waals surface area contributed by atoms with Crippen molar-refractivity contribution in [1.82, 2.24) is 0 Å². The molecule has 2 N–H and O–H groups in total. The van der Waals surface area contributed by atoms with E-state index in [4.69, 9.17) is 0 Å². The molecule has 1 aliphatic rings. The van der Waals surface area contributed by atoms with Crippen LogP contribution in [0.25, 0.3) is 0 Å². The van der Waals surface area contributed by atoms with Gasteiger partial charge >= 0.3 is 0 Å². The fraction of sp³-hybridized carbons (Fsp3) is 0.263. The van der Waals surface area contributed by atoms with Gasteiger partial charge in [-0.05, 0) is 56.2 Å². The van der Waals surface area contributed by atoms with Crippen LogP contribution in [0.4, 0.5) is 11.4 Å². The molecule has 1 fully saturated rings. The SMILES string of the molecule is CC(Sc1ccc(NC(=O)C2CC2)cc1)C(=O)Nc1ccccc1.